The average Bonchev–Trinajstić information content (AvgIpc) is 2.65. The van der Waals surface area contributed by atoms with Crippen LogP contribution in [0.15, 0.2) is 0 Å². The van der Waals surface area contributed by atoms with Gasteiger partial charge in [-0.1, -0.05) is 26.1 Å². The molecule has 1 saturated carbocycles. The number of nitrogens with zero attached hydrogens (tertiary/aromatic N) is 1. The Labute approximate surface area is 96.0 Å². The molecule has 1 aliphatic carbocycles. The molecule has 0 aromatic carbocycles. The highest BCUT2D eigenvalue weighted by atomic mass is 32.1. The lowest BCUT2D eigenvalue weighted by molar-refractivity contribution is -0.133. The molecule has 2 rings (SSSR count). The summed E-state index contributed by atoms with van der Waals surface area (Å²) in [6, 6.07) is 0.0175. The van der Waals surface area contributed by atoms with Gasteiger partial charge in [0.1, 0.15) is 0 Å². The Morgan fingerprint density at radius 1 is 1.53 bits per heavy atom. The minimum atomic E-state index is 0.0175. The van der Waals surface area contributed by atoms with Gasteiger partial charge in [0, 0.05) is 12.5 Å². The zero-order chi connectivity index (χ0) is 11.2. The predicted octanol–water partition coefficient (Wildman–Crippen LogP) is 1.31. The molecule has 2 fully saturated rings. The molecule has 4 heteroatoms. The van der Waals surface area contributed by atoms with Crippen molar-refractivity contribution in [3.05, 3.63) is 0 Å². The highest BCUT2D eigenvalue weighted by Crippen LogP contribution is 2.52. The first kappa shape index (κ1) is 10.9. The van der Waals surface area contributed by atoms with E-state index in [4.69, 9.17) is 18.0 Å². The van der Waals surface area contributed by atoms with Crippen LogP contribution in [0.1, 0.15) is 33.1 Å². The van der Waals surface area contributed by atoms with Gasteiger partial charge in [-0.15, -0.1) is 0 Å². The molecule has 1 amide bonds. The lowest BCUT2D eigenvalue weighted by Crippen LogP contribution is -2.44. The molecule has 2 unspecified atom stereocenters. The Balaban J connectivity index is 2.04. The van der Waals surface area contributed by atoms with Crippen LogP contribution in [0.3, 0.4) is 0 Å². The van der Waals surface area contributed by atoms with Gasteiger partial charge < -0.3 is 10.6 Å². The fourth-order valence-corrected chi connectivity index (χ4v) is 2.66. The maximum atomic E-state index is 12.1. The van der Waals surface area contributed by atoms with Crippen molar-refractivity contribution in [2.75, 3.05) is 6.54 Å². The minimum Gasteiger partial charge on any atom is -0.392 e. The van der Waals surface area contributed by atoms with Crippen LogP contribution in [0.2, 0.25) is 0 Å². The van der Waals surface area contributed by atoms with Crippen LogP contribution in [-0.2, 0) is 4.79 Å². The van der Waals surface area contributed by atoms with E-state index in [0.29, 0.717) is 4.99 Å². The van der Waals surface area contributed by atoms with Gasteiger partial charge in [0.05, 0.1) is 11.0 Å². The minimum absolute atomic E-state index is 0.0175. The summed E-state index contributed by atoms with van der Waals surface area (Å²) < 4.78 is 0. The molecule has 1 heterocycles. The van der Waals surface area contributed by atoms with Crippen molar-refractivity contribution in [1.82, 2.24) is 4.90 Å². The third-order valence-corrected chi connectivity index (χ3v) is 3.95. The zero-order valence-corrected chi connectivity index (χ0v) is 10.1. The van der Waals surface area contributed by atoms with E-state index in [2.05, 4.69) is 13.8 Å². The second-order valence-corrected chi connectivity index (χ2v) is 5.81. The summed E-state index contributed by atoms with van der Waals surface area (Å²) in [4.78, 5) is 14.5. The Kier molecular flexibility index (Phi) is 2.49. The first-order valence-electron chi connectivity index (χ1n) is 5.53. The molecule has 0 radical (unpaired) electrons. The molecule has 0 aromatic heterocycles. The van der Waals surface area contributed by atoms with Gasteiger partial charge in [-0.3, -0.25) is 4.79 Å². The van der Waals surface area contributed by atoms with Crippen LogP contribution >= 0.6 is 12.2 Å². The standard InChI is InChI=1S/C11H18N2OS/c1-11(2)6-7(11)10(14)13-5-3-4-8(13)9(12)15/h7-8H,3-6H2,1-2H3,(H2,12,15). The number of hydrogen-bond acceptors (Lipinski definition) is 2. The largest absolute Gasteiger partial charge is 0.392 e. The molecule has 0 aromatic rings. The molecular formula is C11H18N2OS. The van der Waals surface area contributed by atoms with Crippen LogP contribution in [0, 0.1) is 11.3 Å². The van der Waals surface area contributed by atoms with Crippen LogP contribution in [-0.4, -0.2) is 28.4 Å². The SMILES string of the molecule is CC1(C)CC1C(=O)N1CCCC1C(N)=S. The summed E-state index contributed by atoms with van der Waals surface area (Å²) in [6.07, 6.45) is 2.97. The van der Waals surface area contributed by atoms with Crippen molar-refractivity contribution in [3.8, 4) is 0 Å². The number of nitrogens with two attached hydrogens (primary N) is 1. The van der Waals surface area contributed by atoms with Gasteiger partial charge in [0.15, 0.2) is 0 Å². The van der Waals surface area contributed by atoms with E-state index in [1.165, 1.54) is 0 Å². The van der Waals surface area contributed by atoms with Gasteiger partial charge in [-0.25, -0.2) is 0 Å². The van der Waals surface area contributed by atoms with Gasteiger partial charge in [0.2, 0.25) is 5.91 Å². The van der Waals surface area contributed by atoms with Crippen molar-refractivity contribution >= 4 is 23.1 Å². The monoisotopic (exact) mass is 226 g/mol. The topological polar surface area (TPSA) is 46.3 Å². The summed E-state index contributed by atoms with van der Waals surface area (Å²) in [5.41, 5.74) is 5.85. The number of hydrogen-bond donors (Lipinski definition) is 1. The van der Waals surface area contributed by atoms with Crippen molar-refractivity contribution in [1.29, 1.82) is 0 Å². The molecule has 1 aliphatic heterocycles. The van der Waals surface area contributed by atoms with E-state index in [9.17, 15) is 4.79 Å². The average molecular weight is 226 g/mol. The van der Waals surface area contributed by atoms with Crippen LogP contribution in [0.5, 0.6) is 0 Å². The highest BCUT2D eigenvalue weighted by molar-refractivity contribution is 7.80. The summed E-state index contributed by atoms with van der Waals surface area (Å²) in [6.45, 7) is 5.11. The van der Waals surface area contributed by atoms with Gasteiger partial charge in [0.25, 0.3) is 0 Å². The van der Waals surface area contributed by atoms with E-state index >= 15 is 0 Å². The molecule has 1 saturated heterocycles. The molecule has 84 valence electrons. The third kappa shape index (κ3) is 1.87. The fourth-order valence-electron chi connectivity index (χ4n) is 2.42. The van der Waals surface area contributed by atoms with Crippen LogP contribution < -0.4 is 5.73 Å². The van der Waals surface area contributed by atoms with Gasteiger partial charge in [-0.2, -0.15) is 0 Å². The van der Waals surface area contributed by atoms with Crippen molar-refractivity contribution < 1.29 is 4.79 Å². The maximum Gasteiger partial charge on any atom is 0.226 e. The fraction of sp³-hybridized carbons (Fsp3) is 0.818. The number of thiocarbonyl (C=S) groups is 1. The Morgan fingerprint density at radius 3 is 2.60 bits per heavy atom. The summed E-state index contributed by atoms with van der Waals surface area (Å²) >= 11 is 5.00. The second-order valence-electron chi connectivity index (χ2n) is 5.34. The van der Waals surface area contributed by atoms with Gasteiger partial charge in [-0.05, 0) is 24.7 Å². The summed E-state index contributed by atoms with van der Waals surface area (Å²) in [5.74, 6) is 0.461. The van der Waals surface area contributed by atoms with E-state index in [-0.39, 0.29) is 23.3 Å². The van der Waals surface area contributed by atoms with E-state index in [1.807, 2.05) is 4.90 Å². The van der Waals surface area contributed by atoms with Crippen molar-refractivity contribution in [2.45, 2.75) is 39.2 Å². The molecule has 3 nitrogen and oxygen atoms in total. The third-order valence-electron chi connectivity index (χ3n) is 3.68. The lowest BCUT2D eigenvalue weighted by atomic mass is 10.1. The van der Waals surface area contributed by atoms with Crippen LogP contribution in [0.4, 0.5) is 0 Å². The van der Waals surface area contributed by atoms with Crippen molar-refractivity contribution in [2.24, 2.45) is 17.1 Å². The van der Waals surface area contributed by atoms with E-state index in [1.54, 1.807) is 0 Å². The number of carbonyl (C=O) groups excluding carboxylic acids is 1. The van der Waals surface area contributed by atoms with E-state index in [0.717, 1.165) is 25.8 Å². The predicted molar refractivity (Wildman–Crippen MR) is 63.4 cm³/mol. The Bertz CT molecular complexity index is 314. The second kappa shape index (κ2) is 3.44. The number of amides is 1. The van der Waals surface area contributed by atoms with Crippen LogP contribution in [0.25, 0.3) is 0 Å². The first-order chi connectivity index (χ1) is 6.93. The quantitative estimate of drug-likeness (QED) is 0.722. The smallest absolute Gasteiger partial charge is 0.226 e. The first-order valence-corrected chi connectivity index (χ1v) is 5.94. The zero-order valence-electron chi connectivity index (χ0n) is 9.32. The number of likely N-dealkylation sites (tertiary alicyclic amines) is 1. The Morgan fingerprint density at radius 2 is 2.13 bits per heavy atom. The molecule has 0 spiro atoms. The number of rotatable bonds is 2. The summed E-state index contributed by atoms with van der Waals surface area (Å²) in [5, 5.41) is 0. The normalized spacial score (nSPS) is 32.8. The van der Waals surface area contributed by atoms with Gasteiger partial charge >= 0.3 is 0 Å². The molecular weight excluding hydrogens is 208 g/mol. The Hall–Kier alpha value is -0.640. The highest BCUT2D eigenvalue weighted by Gasteiger charge is 2.53. The number of carbonyl (C=O) groups is 1. The maximum absolute atomic E-state index is 12.1. The molecule has 2 aliphatic rings. The molecule has 2 atom stereocenters. The molecule has 15 heavy (non-hydrogen) atoms. The van der Waals surface area contributed by atoms with E-state index < -0.39 is 0 Å². The molecule has 2 N–H and O–H groups in total. The molecule has 0 bridgehead atoms. The summed E-state index contributed by atoms with van der Waals surface area (Å²) in [7, 11) is 0. The lowest BCUT2D eigenvalue weighted by Gasteiger charge is -2.24. The van der Waals surface area contributed by atoms with Crippen molar-refractivity contribution in [3.63, 3.8) is 0 Å².